The van der Waals surface area contributed by atoms with E-state index in [0.717, 1.165) is 29.7 Å². The van der Waals surface area contributed by atoms with E-state index in [1.54, 1.807) is 7.11 Å². The first kappa shape index (κ1) is 15.8. The molecule has 2 aromatic carbocycles. The normalized spacial score (nSPS) is 19.2. The lowest BCUT2D eigenvalue weighted by Crippen LogP contribution is -2.44. The van der Waals surface area contributed by atoms with Gasteiger partial charge in [-0.2, -0.15) is 0 Å². The molecule has 0 saturated heterocycles. The van der Waals surface area contributed by atoms with Gasteiger partial charge in [-0.1, -0.05) is 24.3 Å². The fraction of sp³-hybridized carbons (Fsp3) is 0.350. The third-order valence-electron chi connectivity index (χ3n) is 4.71. The molecule has 1 fully saturated rings. The number of rotatable bonds is 5. The first-order valence-corrected chi connectivity index (χ1v) is 8.72. The number of fused-ring (bicyclic) bond motifs is 1. The largest absolute Gasteiger partial charge is 0.492 e. The van der Waals surface area contributed by atoms with Crippen molar-refractivity contribution >= 4 is 11.6 Å². The average Bonchev–Trinajstić information content (AvgIpc) is 3.46. The molecule has 1 amide bonds. The highest BCUT2D eigenvalue weighted by Crippen LogP contribution is 2.44. The number of carbonyl (C=O) groups is 1. The molecule has 25 heavy (non-hydrogen) atoms. The second kappa shape index (κ2) is 6.31. The molecule has 0 unspecified atom stereocenters. The topological polar surface area (TPSA) is 50.8 Å². The average molecular weight is 338 g/mol. The van der Waals surface area contributed by atoms with E-state index in [2.05, 4.69) is 5.32 Å². The van der Waals surface area contributed by atoms with Gasteiger partial charge in [0, 0.05) is 17.3 Å². The summed E-state index contributed by atoms with van der Waals surface area (Å²) < 4.78 is 11.4. The van der Waals surface area contributed by atoms with Crippen molar-refractivity contribution in [2.75, 3.05) is 19.0 Å². The van der Waals surface area contributed by atoms with Crippen molar-refractivity contribution in [1.82, 2.24) is 4.90 Å². The van der Waals surface area contributed by atoms with Crippen LogP contribution < -0.4 is 14.8 Å². The van der Waals surface area contributed by atoms with Crippen LogP contribution in [0.2, 0.25) is 0 Å². The number of benzene rings is 2. The van der Waals surface area contributed by atoms with E-state index in [-0.39, 0.29) is 18.1 Å². The maximum absolute atomic E-state index is 13.1. The van der Waals surface area contributed by atoms with Gasteiger partial charge in [0.1, 0.15) is 6.17 Å². The number of amides is 1. The smallest absolute Gasteiger partial charge is 0.258 e. The predicted octanol–water partition coefficient (Wildman–Crippen LogP) is 3.82. The van der Waals surface area contributed by atoms with Gasteiger partial charge in [-0.15, -0.1) is 0 Å². The SMILES string of the molecule is CCOc1cccc([C@@H]2Nc3ccccc3C(=O)N2C2CC2)c1OC. The third-order valence-corrected chi connectivity index (χ3v) is 4.71. The number of methoxy groups -OCH3 is 1. The zero-order chi connectivity index (χ0) is 17.4. The highest BCUT2D eigenvalue weighted by molar-refractivity contribution is 6.02. The highest BCUT2D eigenvalue weighted by Gasteiger charge is 2.43. The minimum Gasteiger partial charge on any atom is -0.492 e. The summed E-state index contributed by atoms with van der Waals surface area (Å²) >= 11 is 0. The van der Waals surface area contributed by atoms with E-state index in [0.29, 0.717) is 18.1 Å². The fourth-order valence-corrected chi connectivity index (χ4v) is 3.46. The first-order valence-electron chi connectivity index (χ1n) is 8.72. The van der Waals surface area contributed by atoms with Crippen LogP contribution in [0.3, 0.4) is 0 Å². The van der Waals surface area contributed by atoms with Crippen molar-refractivity contribution < 1.29 is 14.3 Å². The Morgan fingerprint density at radius 1 is 1.16 bits per heavy atom. The Bertz CT molecular complexity index is 801. The van der Waals surface area contributed by atoms with Crippen molar-refractivity contribution in [1.29, 1.82) is 0 Å². The summed E-state index contributed by atoms with van der Waals surface area (Å²) in [6.07, 6.45) is 1.82. The molecule has 0 aromatic heterocycles. The van der Waals surface area contributed by atoms with E-state index in [1.165, 1.54) is 0 Å². The van der Waals surface area contributed by atoms with Gasteiger partial charge in [0.2, 0.25) is 0 Å². The van der Waals surface area contributed by atoms with E-state index < -0.39 is 0 Å². The van der Waals surface area contributed by atoms with Gasteiger partial charge in [-0.05, 0) is 38.0 Å². The van der Waals surface area contributed by atoms with Crippen LogP contribution in [0.25, 0.3) is 0 Å². The minimum absolute atomic E-state index is 0.0747. The molecular weight excluding hydrogens is 316 g/mol. The summed E-state index contributed by atoms with van der Waals surface area (Å²) in [6.45, 7) is 2.51. The number of nitrogens with one attached hydrogen (secondary N) is 1. The van der Waals surface area contributed by atoms with Gasteiger partial charge in [0.05, 0.1) is 19.3 Å². The Hall–Kier alpha value is -2.69. The van der Waals surface area contributed by atoms with Crippen molar-refractivity contribution in [2.45, 2.75) is 32.0 Å². The van der Waals surface area contributed by atoms with Gasteiger partial charge in [-0.3, -0.25) is 4.79 Å². The maximum Gasteiger partial charge on any atom is 0.258 e. The van der Waals surface area contributed by atoms with Crippen LogP contribution in [0.15, 0.2) is 42.5 Å². The Morgan fingerprint density at radius 3 is 2.68 bits per heavy atom. The van der Waals surface area contributed by atoms with Crippen LogP contribution in [-0.2, 0) is 0 Å². The van der Waals surface area contributed by atoms with Crippen LogP contribution in [0.5, 0.6) is 11.5 Å². The molecule has 5 nitrogen and oxygen atoms in total. The van der Waals surface area contributed by atoms with Crippen LogP contribution in [0, 0.1) is 0 Å². The molecule has 0 radical (unpaired) electrons. The standard InChI is InChI=1S/C20H22N2O3/c1-3-25-17-10-6-8-15(18(17)24-2)19-21-16-9-5-4-7-14(16)20(23)22(19)13-11-12-13/h4-10,13,19,21H,3,11-12H2,1-2H3/t19-/m1/s1. The molecule has 1 aliphatic heterocycles. The number of carbonyl (C=O) groups excluding carboxylic acids is 1. The van der Waals surface area contributed by atoms with Crippen molar-refractivity contribution in [3.8, 4) is 11.5 Å². The summed E-state index contributed by atoms with van der Waals surface area (Å²) in [7, 11) is 1.64. The Kier molecular flexibility index (Phi) is 3.99. The first-order chi connectivity index (χ1) is 12.2. The molecule has 4 rings (SSSR count). The molecule has 2 aromatic rings. The number of anilines is 1. The van der Waals surface area contributed by atoms with Crippen molar-refractivity contribution in [3.63, 3.8) is 0 Å². The number of hydrogen-bond acceptors (Lipinski definition) is 4. The molecule has 130 valence electrons. The zero-order valence-electron chi connectivity index (χ0n) is 14.5. The van der Waals surface area contributed by atoms with Gasteiger partial charge in [0.15, 0.2) is 11.5 Å². The Labute approximate surface area is 147 Å². The Balaban J connectivity index is 1.81. The number of ether oxygens (including phenoxy) is 2. The minimum atomic E-state index is -0.259. The summed E-state index contributed by atoms with van der Waals surface area (Å²) in [6, 6.07) is 13.8. The summed E-state index contributed by atoms with van der Waals surface area (Å²) in [4.78, 5) is 15.1. The van der Waals surface area contributed by atoms with Gasteiger partial charge in [0.25, 0.3) is 5.91 Å². The summed E-state index contributed by atoms with van der Waals surface area (Å²) in [5, 5.41) is 3.53. The fourth-order valence-electron chi connectivity index (χ4n) is 3.46. The quantitative estimate of drug-likeness (QED) is 0.900. The van der Waals surface area contributed by atoms with Crippen molar-refractivity contribution in [2.24, 2.45) is 0 Å². The molecule has 1 N–H and O–H groups in total. The Morgan fingerprint density at radius 2 is 1.96 bits per heavy atom. The summed E-state index contributed by atoms with van der Waals surface area (Å²) in [5.41, 5.74) is 2.51. The molecule has 0 bridgehead atoms. The van der Waals surface area contributed by atoms with E-state index >= 15 is 0 Å². The van der Waals surface area contributed by atoms with E-state index in [1.807, 2.05) is 54.3 Å². The molecule has 2 aliphatic rings. The molecule has 1 aliphatic carbocycles. The van der Waals surface area contributed by atoms with Gasteiger partial charge >= 0.3 is 0 Å². The van der Waals surface area contributed by atoms with Crippen LogP contribution in [-0.4, -0.2) is 30.6 Å². The third kappa shape index (κ3) is 2.69. The molecule has 5 heteroatoms. The molecule has 1 saturated carbocycles. The predicted molar refractivity (Wildman–Crippen MR) is 96.2 cm³/mol. The number of hydrogen-bond donors (Lipinski definition) is 1. The lowest BCUT2D eigenvalue weighted by atomic mass is 10.0. The van der Waals surface area contributed by atoms with Crippen LogP contribution in [0.1, 0.15) is 41.9 Å². The lowest BCUT2D eigenvalue weighted by Gasteiger charge is -2.39. The van der Waals surface area contributed by atoms with Crippen LogP contribution >= 0.6 is 0 Å². The van der Waals surface area contributed by atoms with Gasteiger partial charge in [-0.25, -0.2) is 0 Å². The molecule has 1 atom stereocenters. The second-order valence-corrected chi connectivity index (χ2v) is 6.35. The zero-order valence-corrected chi connectivity index (χ0v) is 14.5. The molecule has 0 spiro atoms. The lowest BCUT2D eigenvalue weighted by molar-refractivity contribution is 0.0664. The van der Waals surface area contributed by atoms with Crippen molar-refractivity contribution in [3.05, 3.63) is 53.6 Å². The highest BCUT2D eigenvalue weighted by atomic mass is 16.5. The van der Waals surface area contributed by atoms with Crippen LogP contribution in [0.4, 0.5) is 5.69 Å². The number of para-hydroxylation sites is 2. The maximum atomic E-state index is 13.1. The molecule has 1 heterocycles. The van der Waals surface area contributed by atoms with E-state index in [4.69, 9.17) is 9.47 Å². The monoisotopic (exact) mass is 338 g/mol. The second-order valence-electron chi connectivity index (χ2n) is 6.35. The van der Waals surface area contributed by atoms with Gasteiger partial charge < -0.3 is 19.7 Å². The number of nitrogens with zero attached hydrogens (tertiary/aromatic N) is 1. The van der Waals surface area contributed by atoms with E-state index in [9.17, 15) is 4.79 Å². The summed E-state index contributed by atoms with van der Waals surface area (Å²) in [5.74, 6) is 1.46. The molecular formula is C20H22N2O3.